The Balaban J connectivity index is 1.90. The highest BCUT2D eigenvalue weighted by Gasteiger charge is 2.20. The van der Waals surface area contributed by atoms with Crippen molar-refractivity contribution < 1.29 is 4.84 Å². The van der Waals surface area contributed by atoms with E-state index in [1.165, 1.54) is 19.3 Å². The highest BCUT2D eigenvalue weighted by atomic mass is 16.7. The number of hydrogen-bond acceptors (Lipinski definition) is 2. The molecule has 0 N–H and O–H groups in total. The third kappa shape index (κ3) is 2.82. The summed E-state index contributed by atoms with van der Waals surface area (Å²) in [5.74, 6) is 1.02. The van der Waals surface area contributed by atoms with Crippen molar-refractivity contribution in [1.29, 1.82) is 0 Å². The molecular formula is C7H15NO. The van der Waals surface area contributed by atoms with Crippen LogP contribution in [0.2, 0.25) is 0 Å². The van der Waals surface area contributed by atoms with E-state index in [2.05, 4.69) is 0 Å². The van der Waals surface area contributed by atoms with Crippen LogP contribution in [-0.4, -0.2) is 25.8 Å². The van der Waals surface area contributed by atoms with Gasteiger partial charge in [0, 0.05) is 13.6 Å². The molecule has 9 heavy (non-hydrogen) atoms. The minimum Gasteiger partial charge on any atom is -0.303 e. The first kappa shape index (κ1) is 7.03. The van der Waals surface area contributed by atoms with E-state index < -0.39 is 0 Å². The van der Waals surface area contributed by atoms with Gasteiger partial charge in [-0.3, -0.25) is 0 Å². The monoisotopic (exact) mass is 129 g/mol. The molecule has 0 saturated heterocycles. The molecule has 54 valence electrons. The first-order valence-corrected chi connectivity index (χ1v) is 3.58. The van der Waals surface area contributed by atoms with E-state index in [0.29, 0.717) is 0 Å². The molecule has 1 aliphatic rings. The van der Waals surface area contributed by atoms with Crippen LogP contribution in [0.25, 0.3) is 0 Å². The Labute approximate surface area is 56.8 Å². The predicted octanol–water partition coefficient (Wildman–Crippen LogP) is 1.28. The van der Waals surface area contributed by atoms with Crippen LogP contribution in [0.1, 0.15) is 19.3 Å². The predicted molar refractivity (Wildman–Crippen MR) is 37.0 cm³/mol. The maximum Gasteiger partial charge on any atom is 0.0575 e. The van der Waals surface area contributed by atoms with Gasteiger partial charge in [-0.1, -0.05) is 12.8 Å². The van der Waals surface area contributed by atoms with Gasteiger partial charge < -0.3 is 4.84 Å². The Morgan fingerprint density at radius 1 is 1.56 bits per heavy atom. The molecule has 0 heterocycles. The maximum absolute atomic E-state index is 4.96. The summed E-state index contributed by atoms with van der Waals surface area (Å²) in [6, 6.07) is 0. The number of nitrogens with zero attached hydrogens (tertiary/aromatic N) is 1. The molecule has 1 fully saturated rings. The van der Waals surface area contributed by atoms with Crippen molar-refractivity contribution >= 4 is 0 Å². The van der Waals surface area contributed by atoms with Crippen molar-refractivity contribution in [3.63, 3.8) is 0 Å². The van der Waals surface area contributed by atoms with E-state index in [1.807, 2.05) is 12.1 Å². The minimum atomic E-state index is 1.02. The van der Waals surface area contributed by atoms with Crippen LogP contribution >= 0.6 is 0 Å². The zero-order chi connectivity index (χ0) is 6.69. The van der Waals surface area contributed by atoms with E-state index in [4.69, 9.17) is 4.84 Å². The second-order valence-electron chi connectivity index (χ2n) is 2.77. The molecule has 0 spiro atoms. The van der Waals surface area contributed by atoms with Crippen LogP contribution in [0.5, 0.6) is 0 Å². The van der Waals surface area contributed by atoms with Crippen molar-refractivity contribution in [1.82, 2.24) is 5.06 Å². The summed E-state index contributed by atoms with van der Waals surface area (Å²) in [4.78, 5) is 4.96. The molecule has 0 radical (unpaired) electrons. The minimum absolute atomic E-state index is 1.02. The molecular weight excluding hydrogens is 114 g/mol. The van der Waals surface area contributed by atoms with Gasteiger partial charge in [0.05, 0.1) is 7.11 Å². The molecule has 0 aromatic rings. The topological polar surface area (TPSA) is 12.5 Å². The first-order chi connectivity index (χ1) is 4.33. The van der Waals surface area contributed by atoms with Crippen molar-refractivity contribution in [3.05, 3.63) is 0 Å². The van der Waals surface area contributed by atoms with Crippen molar-refractivity contribution in [3.8, 4) is 0 Å². The van der Waals surface area contributed by atoms with Crippen molar-refractivity contribution in [2.24, 2.45) is 5.92 Å². The Hall–Kier alpha value is -0.0800. The smallest absolute Gasteiger partial charge is 0.0575 e. The van der Waals surface area contributed by atoms with Crippen LogP contribution in [0.15, 0.2) is 0 Å². The summed E-state index contributed by atoms with van der Waals surface area (Å²) < 4.78 is 0. The third-order valence-corrected chi connectivity index (χ3v) is 1.86. The summed E-state index contributed by atoms with van der Waals surface area (Å²) in [7, 11) is 3.69. The van der Waals surface area contributed by atoms with Crippen LogP contribution in [0.4, 0.5) is 0 Å². The highest BCUT2D eigenvalue weighted by molar-refractivity contribution is 4.72. The quantitative estimate of drug-likeness (QED) is 0.530. The lowest BCUT2D eigenvalue weighted by molar-refractivity contribution is -0.110. The van der Waals surface area contributed by atoms with Gasteiger partial charge in [0.1, 0.15) is 0 Å². The van der Waals surface area contributed by atoms with Gasteiger partial charge >= 0.3 is 0 Å². The lowest BCUT2D eigenvalue weighted by Crippen LogP contribution is -2.17. The summed E-state index contributed by atoms with van der Waals surface area (Å²) in [6.45, 7) is 1.08. The largest absolute Gasteiger partial charge is 0.303 e. The Morgan fingerprint density at radius 3 is 2.67 bits per heavy atom. The highest BCUT2D eigenvalue weighted by Crippen LogP contribution is 2.32. The SMILES string of the molecule is CON(C)CCC1CC1. The zero-order valence-corrected chi connectivity index (χ0v) is 6.26. The summed E-state index contributed by atoms with van der Waals surface area (Å²) >= 11 is 0. The Bertz CT molecular complexity index is 81.0. The number of hydrogen-bond donors (Lipinski definition) is 0. The summed E-state index contributed by atoms with van der Waals surface area (Å²) in [5.41, 5.74) is 0. The second kappa shape index (κ2) is 3.18. The fourth-order valence-corrected chi connectivity index (χ4v) is 0.862. The molecule has 2 heteroatoms. The first-order valence-electron chi connectivity index (χ1n) is 3.58. The molecule has 0 unspecified atom stereocenters. The molecule has 0 aliphatic heterocycles. The van der Waals surface area contributed by atoms with E-state index in [9.17, 15) is 0 Å². The van der Waals surface area contributed by atoms with E-state index >= 15 is 0 Å². The molecule has 0 atom stereocenters. The van der Waals surface area contributed by atoms with Gasteiger partial charge in [0.25, 0.3) is 0 Å². The standard InChI is InChI=1S/C7H15NO/c1-8(9-2)6-5-7-3-4-7/h7H,3-6H2,1-2H3. The van der Waals surface area contributed by atoms with Crippen LogP contribution in [0, 0.1) is 5.92 Å². The molecule has 1 aliphatic carbocycles. The van der Waals surface area contributed by atoms with Crippen LogP contribution in [-0.2, 0) is 4.84 Å². The van der Waals surface area contributed by atoms with Gasteiger partial charge in [0.15, 0.2) is 0 Å². The van der Waals surface area contributed by atoms with Crippen molar-refractivity contribution in [2.75, 3.05) is 20.7 Å². The number of hydroxylamine groups is 2. The summed E-state index contributed by atoms with van der Waals surface area (Å²) in [6.07, 6.45) is 4.19. The molecule has 1 saturated carbocycles. The molecule has 0 aromatic heterocycles. The molecule has 0 aromatic carbocycles. The number of rotatable bonds is 4. The van der Waals surface area contributed by atoms with Gasteiger partial charge in [-0.05, 0) is 12.3 Å². The van der Waals surface area contributed by atoms with Crippen LogP contribution in [0.3, 0.4) is 0 Å². The van der Waals surface area contributed by atoms with Gasteiger partial charge in [0.2, 0.25) is 0 Å². The average Bonchev–Trinajstić information content (AvgIpc) is 2.65. The van der Waals surface area contributed by atoms with Crippen LogP contribution < -0.4 is 0 Å². The van der Waals surface area contributed by atoms with Crippen molar-refractivity contribution in [2.45, 2.75) is 19.3 Å². The Kier molecular flexibility index (Phi) is 2.49. The fourth-order valence-electron chi connectivity index (χ4n) is 0.862. The zero-order valence-electron chi connectivity index (χ0n) is 6.26. The lowest BCUT2D eigenvalue weighted by Gasteiger charge is -2.11. The second-order valence-corrected chi connectivity index (χ2v) is 2.77. The molecule has 1 rings (SSSR count). The van der Waals surface area contributed by atoms with E-state index in [0.717, 1.165) is 12.5 Å². The fraction of sp³-hybridized carbons (Fsp3) is 1.00. The van der Waals surface area contributed by atoms with E-state index in [1.54, 1.807) is 7.11 Å². The lowest BCUT2D eigenvalue weighted by atomic mass is 10.3. The third-order valence-electron chi connectivity index (χ3n) is 1.86. The van der Waals surface area contributed by atoms with E-state index in [-0.39, 0.29) is 0 Å². The molecule has 0 amide bonds. The Morgan fingerprint density at radius 2 is 2.22 bits per heavy atom. The normalized spacial score (nSPS) is 19.0. The molecule has 2 nitrogen and oxygen atoms in total. The maximum atomic E-state index is 4.96. The van der Waals surface area contributed by atoms with Gasteiger partial charge in [-0.2, -0.15) is 5.06 Å². The van der Waals surface area contributed by atoms with Gasteiger partial charge in [-0.15, -0.1) is 0 Å². The summed E-state index contributed by atoms with van der Waals surface area (Å²) in [5, 5.41) is 1.89. The van der Waals surface area contributed by atoms with Gasteiger partial charge in [-0.25, -0.2) is 0 Å². The average molecular weight is 129 g/mol. The molecule has 0 bridgehead atoms.